The Morgan fingerprint density at radius 3 is 2.62 bits per heavy atom. The van der Waals surface area contributed by atoms with Crippen molar-refractivity contribution in [2.45, 2.75) is 6.04 Å². The average Bonchev–Trinajstić information content (AvgIpc) is 2.56. The van der Waals surface area contributed by atoms with E-state index in [1.54, 1.807) is 13.2 Å². The van der Waals surface area contributed by atoms with Crippen LogP contribution < -0.4 is 10.1 Å². The van der Waals surface area contributed by atoms with Crippen LogP contribution in [0.4, 0.5) is 0 Å². The number of piperazine rings is 1. The molecule has 6 nitrogen and oxygen atoms in total. The van der Waals surface area contributed by atoms with Crippen LogP contribution in [-0.2, 0) is 4.79 Å². The van der Waals surface area contributed by atoms with Gasteiger partial charge in [-0.15, -0.1) is 5.11 Å². The largest absolute Gasteiger partial charge is 0.497 e. The fourth-order valence-electron chi connectivity index (χ4n) is 2.62. The average molecular weight is 286 g/mol. The van der Waals surface area contributed by atoms with E-state index in [-0.39, 0.29) is 11.9 Å². The highest BCUT2D eigenvalue weighted by atomic mass is 16.5. The van der Waals surface area contributed by atoms with Crippen LogP contribution in [0.5, 0.6) is 5.75 Å². The van der Waals surface area contributed by atoms with E-state index < -0.39 is 0 Å². The summed E-state index contributed by atoms with van der Waals surface area (Å²) in [6.07, 6.45) is 1.60. The Kier molecular flexibility index (Phi) is 3.96. The van der Waals surface area contributed by atoms with Gasteiger partial charge in [-0.1, -0.05) is 12.1 Å². The second kappa shape index (κ2) is 6.05. The third kappa shape index (κ3) is 2.95. The predicted molar refractivity (Wildman–Crippen MR) is 78.1 cm³/mol. The highest BCUT2D eigenvalue weighted by Gasteiger charge is 2.26. The standard InChI is InChI=1S/C15H18N4O2/c1-21-12-4-2-11(3-5-12)15-13(10-14(20)17-18-15)19-8-6-16-7-9-19/h2-5,10,15-16H,6-9H2,1H3. The van der Waals surface area contributed by atoms with E-state index in [4.69, 9.17) is 4.74 Å². The van der Waals surface area contributed by atoms with Crippen molar-refractivity contribution in [1.82, 2.24) is 10.2 Å². The molecule has 1 amide bonds. The first-order chi connectivity index (χ1) is 10.3. The van der Waals surface area contributed by atoms with Gasteiger partial charge < -0.3 is 15.0 Å². The molecular formula is C15H18N4O2. The van der Waals surface area contributed by atoms with Crippen molar-refractivity contribution in [3.8, 4) is 5.75 Å². The van der Waals surface area contributed by atoms with Crippen molar-refractivity contribution in [2.24, 2.45) is 10.2 Å². The smallest absolute Gasteiger partial charge is 0.289 e. The fourth-order valence-corrected chi connectivity index (χ4v) is 2.62. The van der Waals surface area contributed by atoms with Crippen LogP contribution in [0.25, 0.3) is 0 Å². The van der Waals surface area contributed by atoms with E-state index >= 15 is 0 Å². The number of nitrogens with one attached hydrogen (secondary N) is 1. The van der Waals surface area contributed by atoms with Gasteiger partial charge in [-0.3, -0.25) is 4.79 Å². The molecule has 110 valence electrons. The Labute approximate surface area is 123 Å². The Balaban J connectivity index is 1.88. The number of hydrogen-bond acceptors (Lipinski definition) is 5. The van der Waals surface area contributed by atoms with E-state index in [0.717, 1.165) is 43.2 Å². The normalized spacial score (nSPS) is 22.1. The van der Waals surface area contributed by atoms with Crippen molar-refractivity contribution < 1.29 is 9.53 Å². The molecule has 2 heterocycles. The molecule has 1 unspecified atom stereocenters. The second-order valence-corrected chi connectivity index (χ2v) is 5.04. The first-order valence-corrected chi connectivity index (χ1v) is 7.04. The summed E-state index contributed by atoms with van der Waals surface area (Å²) in [7, 11) is 1.64. The summed E-state index contributed by atoms with van der Waals surface area (Å²) in [6.45, 7) is 3.58. The van der Waals surface area contributed by atoms with Gasteiger partial charge in [0.05, 0.1) is 12.8 Å². The number of methoxy groups -OCH3 is 1. The number of amides is 1. The van der Waals surface area contributed by atoms with Crippen molar-refractivity contribution in [1.29, 1.82) is 0 Å². The predicted octanol–water partition coefficient (Wildman–Crippen LogP) is 1.52. The van der Waals surface area contributed by atoms with Crippen LogP contribution in [0.3, 0.4) is 0 Å². The SMILES string of the molecule is COc1ccc(C2N=NC(=O)C=C2N2CCNCC2)cc1. The lowest BCUT2D eigenvalue weighted by atomic mass is 10.0. The van der Waals surface area contributed by atoms with E-state index in [9.17, 15) is 4.79 Å². The molecule has 1 atom stereocenters. The molecule has 1 N–H and O–H groups in total. The first-order valence-electron chi connectivity index (χ1n) is 7.04. The van der Waals surface area contributed by atoms with Gasteiger partial charge in [-0.05, 0) is 17.7 Å². The molecule has 6 heteroatoms. The zero-order chi connectivity index (χ0) is 14.7. The first kappa shape index (κ1) is 13.8. The number of carbonyl (C=O) groups excluding carboxylic acids is 1. The molecule has 0 bridgehead atoms. The molecule has 2 aliphatic rings. The summed E-state index contributed by atoms with van der Waals surface area (Å²) in [5, 5.41) is 11.2. The zero-order valence-corrected chi connectivity index (χ0v) is 12.0. The van der Waals surface area contributed by atoms with E-state index in [1.165, 1.54) is 0 Å². The minimum atomic E-state index is -0.284. The van der Waals surface area contributed by atoms with Crippen LogP contribution >= 0.6 is 0 Å². The molecule has 2 aliphatic heterocycles. The quantitative estimate of drug-likeness (QED) is 0.915. The maximum atomic E-state index is 11.6. The maximum Gasteiger partial charge on any atom is 0.289 e. The zero-order valence-electron chi connectivity index (χ0n) is 12.0. The van der Waals surface area contributed by atoms with Gasteiger partial charge in [0.1, 0.15) is 11.8 Å². The molecule has 0 aromatic heterocycles. The summed E-state index contributed by atoms with van der Waals surface area (Å²) >= 11 is 0. The van der Waals surface area contributed by atoms with Crippen LogP contribution in [-0.4, -0.2) is 44.1 Å². The lowest BCUT2D eigenvalue weighted by Crippen LogP contribution is -2.44. The third-order valence-electron chi connectivity index (χ3n) is 3.74. The van der Waals surface area contributed by atoms with E-state index in [0.29, 0.717) is 0 Å². The van der Waals surface area contributed by atoms with Gasteiger partial charge >= 0.3 is 0 Å². The van der Waals surface area contributed by atoms with Gasteiger partial charge in [0, 0.05) is 32.3 Å². The van der Waals surface area contributed by atoms with E-state index in [2.05, 4.69) is 20.4 Å². The molecule has 1 fully saturated rings. The molecule has 1 saturated heterocycles. The molecule has 1 aromatic carbocycles. The van der Waals surface area contributed by atoms with Gasteiger partial charge in [0.2, 0.25) is 0 Å². The summed E-state index contributed by atoms with van der Waals surface area (Å²) in [4.78, 5) is 13.8. The lowest BCUT2D eigenvalue weighted by Gasteiger charge is -2.34. The third-order valence-corrected chi connectivity index (χ3v) is 3.74. The van der Waals surface area contributed by atoms with Crippen molar-refractivity contribution in [3.05, 3.63) is 41.6 Å². The summed E-state index contributed by atoms with van der Waals surface area (Å²) in [5.74, 6) is 0.517. The minimum Gasteiger partial charge on any atom is -0.497 e. The molecule has 21 heavy (non-hydrogen) atoms. The number of ether oxygens (including phenoxy) is 1. The molecule has 0 radical (unpaired) electrons. The van der Waals surface area contributed by atoms with Gasteiger partial charge in [0.15, 0.2) is 0 Å². The van der Waals surface area contributed by atoms with Crippen LogP contribution in [0.2, 0.25) is 0 Å². The summed E-state index contributed by atoms with van der Waals surface area (Å²) in [5.41, 5.74) is 1.94. The number of rotatable bonds is 3. The highest BCUT2D eigenvalue weighted by Crippen LogP contribution is 2.32. The minimum absolute atomic E-state index is 0.216. The summed E-state index contributed by atoms with van der Waals surface area (Å²) < 4.78 is 5.18. The lowest BCUT2D eigenvalue weighted by molar-refractivity contribution is -0.114. The molecule has 1 aromatic rings. The van der Waals surface area contributed by atoms with Crippen LogP contribution in [0.15, 0.2) is 46.3 Å². The van der Waals surface area contributed by atoms with Crippen molar-refractivity contribution in [3.63, 3.8) is 0 Å². The molecule has 0 aliphatic carbocycles. The Morgan fingerprint density at radius 2 is 1.95 bits per heavy atom. The topological polar surface area (TPSA) is 66.3 Å². The van der Waals surface area contributed by atoms with Gasteiger partial charge in [0.25, 0.3) is 5.91 Å². The Hall–Kier alpha value is -2.21. The van der Waals surface area contributed by atoms with Crippen molar-refractivity contribution in [2.75, 3.05) is 33.3 Å². The Morgan fingerprint density at radius 1 is 1.24 bits per heavy atom. The summed E-state index contributed by atoms with van der Waals surface area (Å²) in [6, 6.07) is 7.52. The number of hydrogen-bond donors (Lipinski definition) is 1. The fraction of sp³-hybridized carbons (Fsp3) is 0.400. The highest BCUT2D eigenvalue weighted by molar-refractivity contribution is 5.89. The van der Waals surface area contributed by atoms with Crippen molar-refractivity contribution >= 4 is 5.91 Å². The monoisotopic (exact) mass is 286 g/mol. The van der Waals surface area contributed by atoms with Crippen LogP contribution in [0.1, 0.15) is 11.6 Å². The number of nitrogens with zero attached hydrogens (tertiary/aromatic N) is 3. The van der Waals surface area contributed by atoms with E-state index in [1.807, 2.05) is 24.3 Å². The molecule has 0 saturated carbocycles. The van der Waals surface area contributed by atoms with Crippen LogP contribution in [0, 0.1) is 0 Å². The number of azo groups is 1. The second-order valence-electron chi connectivity index (χ2n) is 5.04. The Bertz CT molecular complexity index is 574. The number of carbonyl (C=O) groups is 1. The molecule has 3 rings (SSSR count). The molecule has 0 spiro atoms. The van der Waals surface area contributed by atoms with Gasteiger partial charge in [-0.25, -0.2) is 0 Å². The number of benzene rings is 1. The molecular weight excluding hydrogens is 268 g/mol. The maximum absolute atomic E-state index is 11.6. The van der Waals surface area contributed by atoms with Gasteiger partial charge in [-0.2, -0.15) is 5.11 Å².